The summed E-state index contributed by atoms with van der Waals surface area (Å²) in [4.78, 5) is 23.0. The summed E-state index contributed by atoms with van der Waals surface area (Å²) in [6.07, 6.45) is 2.41. The number of anilines is 1. The van der Waals surface area contributed by atoms with Crippen LogP contribution >= 0.6 is 0 Å². The van der Waals surface area contributed by atoms with Crippen LogP contribution in [0.25, 0.3) is 0 Å². The molecule has 1 aromatic heterocycles. The van der Waals surface area contributed by atoms with Gasteiger partial charge in [-0.1, -0.05) is 0 Å². The molecule has 10 heteroatoms. The number of amides is 1. The van der Waals surface area contributed by atoms with Crippen LogP contribution < -0.4 is 15.8 Å². The zero-order chi connectivity index (χ0) is 15.4. The smallest absolute Gasteiger partial charge is 0.419 e. The minimum absolute atomic E-state index is 0.00688. The van der Waals surface area contributed by atoms with Gasteiger partial charge in [0, 0.05) is 26.2 Å². The number of hydrazine groups is 1. The molecule has 3 N–H and O–H groups in total. The van der Waals surface area contributed by atoms with Crippen molar-refractivity contribution in [3.63, 3.8) is 0 Å². The van der Waals surface area contributed by atoms with Gasteiger partial charge in [-0.2, -0.15) is 5.10 Å². The van der Waals surface area contributed by atoms with Crippen molar-refractivity contribution < 1.29 is 14.8 Å². The van der Waals surface area contributed by atoms with Crippen LogP contribution in [-0.4, -0.2) is 45.0 Å². The number of hydrogen-bond acceptors (Lipinski definition) is 6. The minimum Gasteiger partial charge on any atom is -0.464 e. The van der Waals surface area contributed by atoms with E-state index in [1.807, 2.05) is 4.90 Å². The summed E-state index contributed by atoms with van der Waals surface area (Å²) in [6, 6.07) is 0.0124. The highest BCUT2D eigenvalue weighted by Gasteiger charge is 2.26. The fraction of sp³-hybridized carbons (Fsp3) is 0.636. The van der Waals surface area contributed by atoms with Crippen molar-refractivity contribution in [2.45, 2.75) is 25.3 Å². The van der Waals surface area contributed by atoms with Gasteiger partial charge in [-0.15, -0.1) is 0 Å². The van der Waals surface area contributed by atoms with Crippen molar-refractivity contribution >= 4 is 17.6 Å². The zero-order valence-corrected chi connectivity index (χ0v) is 11.7. The highest BCUT2D eigenvalue weighted by molar-refractivity contribution is 5.63. The van der Waals surface area contributed by atoms with Gasteiger partial charge in [0.15, 0.2) is 0 Å². The van der Waals surface area contributed by atoms with E-state index in [-0.39, 0.29) is 11.7 Å². The maximum Gasteiger partial charge on any atom is 0.419 e. The normalized spacial score (nSPS) is 19.1. The number of nitrogens with one attached hydrogen (secondary N) is 2. The molecule has 0 aromatic carbocycles. The van der Waals surface area contributed by atoms with Gasteiger partial charge in [0.1, 0.15) is 6.20 Å². The first-order chi connectivity index (χ1) is 9.99. The molecule has 21 heavy (non-hydrogen) atoms. The van der Waals surface area contributed by atoms with E-state index in [2.05, 4.69) is 16.0 Å². The number of aromatic nitrogens is 2. The molecule has 10 nitrogen and oxygen atoms in total. The third kappa shape index (κ3) is 3.60. The summed E-state index contributed by atoms with van der Waals surface area (Å²) < 4.78 is 1.50. The summed E-state index contributed by atoms with van der Waals surface area (Å²) >= 11 is 0. The summed E-state index contributed by atoms with van der Waals surface area (Å²) in [5, 5.41) is 23.6. The number of carboxylic acid groups (broad SMARTS) is 1. The van der Waals surface area contributed by atoms with Gasteiger partial charge < -0.3 is 10.0 Å². The Kier molecular flexibility index (Phi) is 4.58. The maximum absolute atomic E-state index is 11.0. The lowest BCUT2D eigenvalue weighted by Gasteiger charge is -2.21. The molecule has 0 aliphatic carbocycles. The Morgan fingerprint density at radius 1 is 1.52 bits per heavy atom. The van der Waals surface area contributed by atoms with Crippen molar-refractivity contribution in [2.24, 2.45) is 7.05 Å². The second-order valence-corrected chi connectivity index (χ2v) is 4.92. The van der Waals surface area contributed by atoms with Gasteiger partial charge in [-0.05, 0) is 19.3 Å². The molecule has 0 spiro atoms. The van der Waals surface area contributed by atoms with Crippen molar-refractivity contribution in [1.82, 2.24) is 20.6 Å². The molecule has 1 aliphatic rings. The number of carbonyl (C=O) groups is 1. The number of nitro groups is 1. The molecule has 116 valence electrons. The number of hydrogen-bond donors (Lipinski definition) is 3. The minimum atomic E-state index is -1.13. The number of rotatable bonds is 4. The van der Waals surface area contributed by atoms with E-state index in [4.69, 9.17) is 5.11 Å². The van der Waals surface area contributed by atoms with Crippen LogP contribution in [0.15, 0.2) is 6.20 Å². The lowest BCUT2D eigenvalue weighted by Crippen LogP contribution is -2.44. The number of aryl methyl sites for hydroxylation is 1. The molecule has 0 saturated carbocycles. The maximum atomic E-state index is 11.0. The van der Waals surface area contributed by atoms with Gasteiger partial charge >= 0.3 is 11.8 Å². The van der Waals surface area contributed by atoms with Gasteiger partial charge in [0.25, 0.3) is 0 Å². The first kappa shape index (κ1) is 15.0. The molecule has 1 saturated heterocycles. The topological polar surface area (TPSA) is 126 Å². The van der Waals surface area contributed by atoms with Crippen molar-refractivity contribution in [1.29, 1.82) is 0 Å². The molecule has 1 unspecified atom stereocenters. The monoisotopic (exact) mass is 298 g/mol. The Morgan fingerprint density at radius 2 is 2.29 bits per heavy atom. The third-order valence-corrected chi connectivity index (χ3v) is 3.50. The molecule has 2 heterocycles. The van der Waals surface area contributed by atoms with Gasteiger partial charge in [0.05, 0.1) is 4.92 Å². The molecule has 1 atom stereocenters. The summed E-state index contributed by atoms with van der Waals surface area (Å²) in [5.74, 6) is 0.492. The van der Waals surface area contributed by atoms with Gasteiger partial charge in [0.2, 0.25) is 5.82 Å². The lowest BCUT2D eigenvalue weighted by atomic mass is 10.1. The van der Waals surface area contributed by atoms with Crippen LogP contribution in [0.4, 0.5) is 16.3 Å². The SMILES string of the molecule is Cn1ncc([N+](=O)[O-])c1N1CCCC(NNC(=O)O)CC1. The highest BCUT2D eigenvalue weighted by atomic mass is 16.6. The Bertz CT molecular complexity index is 531. The largest absolute Gasteiger partial charge is 0.464 e. The molecule has 0 radical (unpaired) electrons. The van der Waals surface area contributed by atoms with E-state index < -0.39 is 11.0 Å². The highest BCUT2D eigenvalue weighted by Crippen LogP contribution is 2.28. The van der Waals surface area contributed by atoms with E-state index in [1.165, 1.54) is 10.9 Å². The van der Waals surface area contributed by atoms with Crippen molar-refractivity contribution in [3.8, 4) is 0 Å². The Balaban J connectivity index is 2.05. The molecular formula is C11H18N6O4. The van der Waals surface area contributed by atoms with Crippen LogP contribution in [0.5, 0.6) is 0 Å². The van der Waals surface area contributed by atoms with Crippen molar-refractivity contribution in [3.05, 3.63) is 16.3 Å². The fourth-order valence-corrected chi connectivity index (χ4v) is 2.53. The van der Waals surface area contributed by atoms with E-state index in [9.17, 15) is 14.9 Å². The van der Waals surface area contributed by atoms with Crippen LogP contribution in [-0.2, 0) is 7.05 Å². The predicted octanol–water partition coefficient (Wildman–Crippen LogP) is 0.459. The third-order valence-electron chi connectivity index (χ3n) is 3.50. The molecule has 1 aliphatic heterocycles. The fourth-order valence-electron chi connectivity index (χ4n) is 2.53. The summed E-state index contributed by atoms with van der Waals surface area (Å²) in [7, 11) is 1.68. The molecule has 2 rings (SSSR count). The molecule has 1 amide bonds. The standard InChI is InChI=1S/C11H18N6O4/c1-15-10(9(7-12-15)17(20)21)16-5-2-3-8(4-6-16)13-14-11(18)19/h7-8,13-14H,2-6H2,1H3,(H,18,19). The Labute approximate surface area is 120 Å². The summed E-state index contributed by atoms with van der Waals surface area (Å²) in [5.41, 5.74) is 4.90. The quantitative estimate of drug-likeness (QED) is 0.544. The second kappa shape index (κ2) is 6.39. The van der Waals surface area contributed by atoms with E-state index >= 15 is 0 Å². The lowest BCUT2D eigenvalue weighted by molar-refractivity contribution is -0.384. The molecule has 0 bridgehead atoms. The van der Waals surface area contributed by atoms with Crippen LogP contribution in [0.3, 0.4) is 0 Å². The van der Waals surface area contributed by atoms with E-state index in [0.717, 1.165) is 12.8 Å². The zero-order valence-electron chi connectivity index (χ0n) is 11.7. The average molecular weight is 298 g/mol. The van der Waals surface area contributed by atoms with Gasteiger partial charge in [-0.3, -0.25) is 15.5 Å². The first-order valence-electron chi connectivity index (χ1n) is 6.65. The van der Waals surface area contributed by atoms with Crippen molar-refractivity contribution in [2.75, 3.05) is 18.0 Å². The predicted molar refractivity (Wildman–Crippen MR) is 74.0 cm³/mol. The first-order valence-corrected chi connectivity index (χ1v) is 6.65. The summed E-state index contributed by atoms with van der Waals surface area (Å²) in [6.45, 7) is 1.27. The Hall–Kier alpha value is -2.36. The Morgan fingerprint density at radius 3 is 2.95 bits per heavy atom. The number of nitrogens with zero attached hydrogens (tertiary/aromatic N) is 4. The van der Waals surface area contributed by atoms with Crippen LogP contribution in [0.2, 0.25) is 0 Å². The second-order valence-electron chi connectivity index (χ2n) is 4.92. The molecular weight excluding hydrogens is 280 g/mol. The molecule has 1 aromatic rings. The van der Waals surface area contributed by atoms with E-state index in [1.54, 1.807) is 7.05 Å². The van der Waals surface area contributed by atoms with Crippen LogP contribution in [0, 0.1) is 10.1 Å². The average Bonchev–Trinajstić information content (AvgIpc) is 2.67. The van der Waals surface area contributed by atoms with E-state index in [0.29, 0.717) is 25.3 Å². The van der Waals surface area contributed by atoms with Crippen LogP contribution in [0.1, 0.15) is 19.3 Å². The molecule has 1 fully saturated rings. The van der Waals surface area contributed by atoms with Gasteiger partial charge in [-0.25, -0.2) is 14.9 Å².